The van der Waals surface area contributed by atoms with Crippen LogP contribution in [0.15, 0.2) is 36.8 Å². The zero-order valence-corrected chi connectivity index (χ0v) is 11.3. The third-order valence-electron chi connectivity index (χ3n) is 2.53. The lowest BCUT2D eigenvalue weighted by Gasteiger charge is -2.06. The number of hydrogen-bond donors (Lipinski definition) is 1. The van der Waals surface area contributed by atoms with Crippen molar-refractivity contribution in [1.82, 2.24) is 9.97 Å². The van der Waals surface area contributed by atoms with Crippen LogP contribution in [0, 0.1) is 23.2 Å². The normalized spacial score (nSPS) is 9.33. The molecule has 0 unspecified atom stereocenters. The van der Waals surface area contributed by atoms with Crippen molar-refractivity contribution in [3.63, 3.8) is 0 Å². The summed E-state index contributed by atoms with van der Waals surface area (Å²) in [4.78, 5) is 7.96. The maximum absolute atomic E-state index is 8.79. The molecule has 2 heterocycles. The van der Waals surface area contributed by atoms with Gasteiger partial charge in [-0.25, -0.2) is 4.98 Å². The van der Waals surface area contributed by atoms with Crippen LogP contribution in [-0.4, -0.2) is 21.7 Å². The van der Waals surface area contributed by atoms with Gasteiger partial charge >= 0.3 is 0 Å². The van der Waals surface area contributed by atoms with Crippen LogP contribution in [0.2, 0.25) is 0 Å². The molecule has 0 aliphatic heterocycles. The van der Waals surface area contributed by atoms with Crippen LogP contribution < -0.4 is 4.74 Å². The Kier molecular flexibility index (Phi) is 5.28. The second-order valence-electron chi connectivity index (χ2n) is 4.13. The minimum atomic E-state index is 0.0416. The Bertz CT molecular complexity index is 711. The average Bonchev–Trinajstić information content (AvgIpc) is 2.54. The van der Waals surface area contributed by atoms with E-state index >= 15 is 0 Å². The zero-order chi connectivity index (χ0) is 14.9. The van der Waals surface area contributed by atoms with Crippen molar-refractivity contribution >= 4 is 0 Å². The monoisotopic (exact) mass is 279 g/mol. The van der Waals surface area contributed by atoms with E-state index in [9.17, 15) is 0 Å². The minimum absolute atomic E-state index is 0.0416. The number of ether oxygens (including phenoxy) is 1. The van der Waals surface area contributed by atoms with Gasteiger partial charge in [0, 0.05) is 24.4 Å². The van der Waals surface area contributed by atoms with Crippen LogP contribution in [0.4, 0.5) is 0 Å². The highest BCUT2D eigenvalue weighted by molar-refractivity contribution is 5.37. The van der Waals surface area contributed by atoms with Crippen LogP contribution in [0.3, 0.4) is 0 Å². The predicted octanol–water partition coefficient (Wildman–Crippen LogP) is 1.66. The molecule has 21 heavy (non-hydrogen) atoms. The van der Waals surface area contributed by atoms with E-state index in [0.29, 0.717) is 24.5 Å². The number of rotatable bonds is 4. The summed E-state index contributed by atoms with van der Waals surface area (Å²) in [6.45, 7) is 0.367. The molecule has 0 fully saturated rings. The standard InChI is InChI=1S/C16H13N3O2/c17-9-15-7-14(4-5-19-15)12-21-16-8-13(10-18-11-16)3-1-2-6-20/h4-5,7-8,10-11,20H,2,6,12H2. The maximum atomic E-state index is 8.79. The molecule has 2 aromatic rings. The lowest BCUT2D eigenvalue weighted by molar-refractivity contribution is 0.304. The number of aromatic nitrogens is 2. The van der Waals surface area contributed by atoms with E-state index in [1.54, 1.807) is 36.8 Å². The molecule has 0 aromatic carbocycles. The van der Waals surface area contributed by atoms with Gasteiger partial charge in [-0.2, -0.15) is 5.26 Å². The molecule has 0 bridgehead atoms. The molecule has 5 nitrogen and oxygen atoms in total. The number of nitrogens with zero attached hydrogens (tertiary/aromatic N) is 3. The maximum Gasteiger partial charge on any atom is 0.140 e. The second-order valence-corrected chi connectivity index (χ2v) is 4.13. The highest BCUT2D eigenvalue weighted by Crippen LogP contribution is 2.13. The molecule has 0 saturated heterocycles. The molecule has 0 aliphatic carbocycles. The van der Waals surface area contributed by atoms with E-state index in [-0.39, 0.29) is 6.61 Å². The Morgan fingerprint density at radius 1 is 1.29 bits per heavy atom. The third kappa shape index (κ3) is 4.61. The second kappa shape index (κ2) is 7.64. The van der Waals surface area contributed by atoms with Crippen LogP contribution in [0.5, 0.6) is 5.75 Å². The summed E-state index contributed by atoms with van der Waals surface area (Å²) >= 11 is 0. The van der Waals surface area contributed by atoms with Gasteiger partial charge in [0.25, 0.3) is 0 Å². The molecule has 0 radical (unpaired) electrons. The first-order valence-corrected chi connectivity index (χ1v) is 6.34. The Balaban J connectivity index is 2.02. The fourth-order valence-electron chi connectivity index (χ4n) is 1.58. The summed E-state index contributed by atoms with van der Waals surface area (Å²) in [6, 6.07) is 7.24. The molecule has 1 N–H and O–H groups in total. The summed E-state index contributed by atoms with van der Waals surface area (Å²) in [6.07, 6.45) is 5.24. The van der Waals surface area contributed by atoms with Gasteiger partial charge < -0.3 is 9.84 Å². The molecule has 0 aliphatic rings. The van der Waals surface area contributed by atoms with Crippen molar-refractivity contribution in [2.75, 3.05) is 6.61 Å². The van der Waals surface area contributed by atoms with Crippen LogP contribution in [-0.2, 0) is 6.61 Å². The van der Waals surface area contributed by atoms with Gasteiger partial charge in [-0.05, 0) is 23.8 Å². The smallest absolute Gasteiger partial charge is 0.140 e. The fourth-order valence-corrected chi connectivity index (χ4v) is 1.58. The van der Waals surface area contributed by atoms with Crippen molar-refractivity contribution in [1.29, 1.82) is 5.26 Å². The number of hydrogen-bond acceptors (Lipinski definition) is 5. The van der Waals surface area contributed by atoms with E-state index in [0.717, 1.165) is 11.1 Å². The Labute approximate surface area is 122 Å². The molecule has 2 rings (SSSR count). The van der Waals surface area contributed by atoms with Gasteiger partial charge in [0.1, 0.15) is 24.1 Å². The van der Waals surface area contributed by atoms with E-state index in [4.69, 9.17) is 15.1 Å². The van der Waals surface area contributed by atoms with Gasteiger partial charge in [-0.15, -0.1) is 0 Å². The molecular formula is C16H13N3O2. The number of aliphatic hydroxyl groups is 1. The first kappa shape index (κ1) is 14.5. The van der Waals surface area contributed by atoms with Crippen LogP contribution in [0.1, 0.15) is 23.2 Å². The zero-order valence-electron chi connectivity index (χ0n) is 11.3. The Hall–Kier alpha value is -2.89. The van der Waals surface area contributed by atoms with Crippen LogP contribution in [0.25, 0.3) is 0 Å². The van der Waals surface area contributed by atoms with E-state index in [1.165, 1.54) is 0 Å². The third-order valence-corrected chi connectivity index (χ3v) is 2.53. The van der Waals surface area contributed by atoms with Crippen molar-refractivity contribution in [3.8, 4) is 23.7 Å². The molecule has 2 aromatic heterocycles. The van der Waals surface area contributed by atoms with Gasteiger partial charge in [0.05, 0.1) is 12.8 Å². The summed E-state index contributed by atoms with van der Waals surface area (Å²) < 4.78 is 5.62. The van der Waals surface area contributed by atoms with Gasteiger partial charge in [0.2, 0.25) is 0 Å². The van der Waals surface area contributed by atoms with E-state index in [1.807, 2.05) is 6.07 Å². The average molecular weight is 279 g/mol. The van der Waals surface area contributed by atoms with Crippen molar-refractivity contribution in [3.05, 3.63) is 53.6 Å². The lowest BCUT2D eigenvalue weighted by Crippen LogP contribution is -1.97. The summed E-state index contributed by atoms with van der Waals surface area (Å²) in [5, 5.41) is 17.5. The van der Waals surface area contributed by atoms with Gasteiger partial charge in [0.15, 0.2) is 0 Å². The van der Waals surface area contributed by atoms with E-state index in [2.05, 4.69) is 21.8 Å². The van der Waals surface area contributed by atoms with Crippen molar-refractivity contribution in [2.24, 2.45) is 0 Å². The highest BCUT2D eigenvalue weighted by Gasteiger charge is 2.00. The summed E-state index contributed by atoms with van der Waals surface area (Å²) in [5.41, 5.74) is 1.95. The lowest BCUT2D eigenvalue weighted by atomic mass is 10.2. The van der Waals surface area contributed by atoms with Gasteiger partial charge in [-0.3, -0.25) is 4.98 Å². The number of nitriles is 1. The van der Waals surface area contributed by atoms with Crippen molar-refractivity contribution < 1.29 is 9.84 Å². The molecule has 0 saturated carbocycles. The van der Waals surface area contributed by atoms with Crippen molar-refractivity contribution in [2.45, 2.75) is 13.0 Å². The first-order chi connectivity index (χ1) is 10.3. The molecule has 0 spiro atoms. The van der Waals surface area contributed by atoms with E-state index < -0.39 is 0 Å². The highest BCUT2D eigenvalue weighted by atomic mass is 16.5. The number of aliphatic hydroxyl groups excluding tert-OH is 1. The first-order valence-electron chi connectivity index (χ1n) is 6.34. The molecule has 104 valence electrons. The van der Waals surface area contributed by atoms with Crippen LogP contribution >= 0.6 is 0 Å². The topological polar surface area (TPSA) is 79.0 Å². The largest absolute Gasteiger partial charge is 0.487 e. The van der Waals surface area contributed by atoms with Gasteiger partial charge in [-0.1, -0.05) is 11.8 Å². The summed E-state index contributed by atoms with van der Waals surface area (Å²) in [5.74, 6) is 6.32. The predicted molar refractivity (Wildman–Crippen MR) is 76.1 cm³/mol. The number of pyridine rings is 2. The SMILES string of the molecule is N#Cc1cc(COc2cncc(C#CCCO)c2)ccn1. The Morgan fingerprint density at radius 3 is 3.00 bits per heavy atom. The quantitative estimate of drug-likeness (QED) is 0.861. The molecular weight excluding hydrogens is 266 g/mol. The minimum Gasteiger partial charge on any atom is -0.487 e. The summed E-state index contributed by atoms with van der Waals surface area (Å²) in [7, 11) is 0. The molecule has 0 amide bonds. The Morgan fingerprint density at radius 2 is 2.19 bits per heavy atom. The molecule has 0 atom stereocenters. The fraction of sp³-hybridized carbons (Fsp3) is 0.188. The molecule has 5 heteroatoms.